The molecule has 0 unspecified atom stereocenters. The second-order valence-corrected chi connectivity index (χ2v) is 4.16. The molecule has 0 bridgehead atoms. The van der Waals surface area contributed by atoms with E-state index in [1.807, 2.05) is 6.07 Å². The van der Waals surface area contributed by atoms with Gasteiger partial charge >= 0.3 is 0 Å². The van der Waals surface area contributed by atoms with Gasteiger partial charge in [-0.25, -0.2) is 0 Å². The van der Waals surface area contributed by atoms with E-state index in [2.05, 4.69) is 6.92 Å². The molecule has 1 aromatic heterocycles. The highest BCUT2D eigenvalue weighted by Crippen LogP contribution is 2.01. The van der Waals surface area contributed by atoms with Gasteiger partial charge in [-0.1, -0.05) is 19.4 Å². The number of carbonyl (C=O) groups is 1. The standard InChI is InChI=1S/C12H16ClNO2/c1-2-3-8-14-9-4-5-10(12(14)16)6-7-11(13)15/h4-5,9H,2-3,6-8H2,1H3. The van der Waals surface area contributed by atoms with Crippen molar-refractivity contribution >= 4 is 16.8 Å². The third kappa shape index (κ3) is 3.81. The van der Waals surface area contributed by atoms with Gasteiger partial charge in [0.2, 0.25) is 5.24 Å². The minimum atomic E-state index is -0.400. The lowest BCUT2D eigenvalue weighted by Gasteiger charge is -2.06. The molecule has 16 heavy (non-hydrogen) atoms. The molecule has 0 saturated heterocycles. The minimum absolute atomic E-state index is 0.00568. The van der Waals surface area contributed by atoms with E-state index in [4.69, 9.17) is 11.6 Å². The third-order valence-corrected chi connectivity index (χ3v) is 2.63. The molecule has 0 aliphatic heterocycles. The van der Waals surface area contributed by atoms with Crippen molar-refractivity contribution in [3.05, 3.63) is 34.2 Å². The Hall–Kier alpha value is -1.09. The molecule has 0 aliphatic carbocycles. The van der Waals surface area contributed by atoms with Gasteiger partial charge in [-0.3, -0.25) is 9.59 Å². The lowest BCUT2D eigenvalue weighted by atomic mass is 10.1. The first-order valence-corrected chi connectivity index (χ1v) is 5.89. The number of aryl methyl sites for hydroxylation is 2. The predicted molar refractivity (Wildman–Crippen MR) is 64.8 cm³/mol. The van der Waals surface area contributed by atoms with Crippen molar-refractivity contribution in [2.75, 3.05) is 0 Å². The molecule has 0 N–H and O–H groups in total. The topological polar surface area (TPSA) is 39.1 Å². The zero-order valence-electron chi connectivity index (χ0n) is 9.41. The van der Waals surface area contributed by atoms with Crippen LogP contribution in [0.15, 0.2) is 23.1 Å². The molecule has 4 heteroatoms. The maximum absolute atomic E-state index is 11.9. The van der Waals surface area contributed by atoms with Gasteiger partial charge in [-0.05, 0) is 30.5 Å². The number of hydrogen-bond donors (Lipinski definition) is 0. The lowest BCUT2D eigenvalue weighted by molar-refractivity contribution is -0.111. The van der Waals surface area contributed by atoms with Gasteiger partial charge in [0.05, 0.1) is 0 Å². The Bertz CT molecular complexity index is 412. The summed E-state index contributed by atoms with van der Waals surface area (Å²) in [5.41, 5.74) is 0.654. The molecule has 1 aromatic rings. The number of halogens is 1. The Balaban J connectivity index is 2.78. The molecule has 88 valence electrons. The van der Waals surface area contributed by atoms with Gasteiger partial charge in [0.1, 0.15) is 0 Å². The Labute approximate surface area is 100 Å². The number of carbonyl (C=O) groups excluding carboxylic acids is 1. The third-order valence-electron chi connectivity index (χ3n) is 2.44. The SMILES string of the molecule is CCCCn1cccc(CCC(=O)Cl)c1=O. The fourth-order valence-electron chi connectivity index (χ4n) is 1.51. The zero-order valence-corrected chi connectivity index (χ0v) is 10.2. The van der Waals surface area contributed by atoms with Crippen molar-refractivity contribution in [3.8, 4) is 0 Å². The summed E-state index contributed by atoms with van der Waals surface area (Å²) < 4.78 is 1.69. The van der Waals surface area contributed by atoms with E-state index in [1.165, 1.54) is 0 Å². The molecule has 3 nitrogen and oxygen atoms in total. The molecule has 0 amide bonds. The Kier molecular flexibility index (Phi) is 5.26. The van der Waals surface area contributed by atoms with Gasteiger partial charge in [0, 0.05) is 24.7 Å². The first-order valence-electron chi connectivity index (χ1n) is 5.51. The number of aromatic nitrogens is 1. The smallest absolute Gasteiger partial charge is 0.253 e. The molecule has 0 aromatic carbocycles. The Morgan fingerprint density at radius 1 is 1.50 bits per heavy atom. The molecule has 1 heterocycles. The summed E-state index contributed by atoms with van der Waals surface area (Å²) in [5.74, 6) is 0. The van der Waals surface area contributed by atoms with E-state index in [0.29, 0.717) is 12.0 Å². The first kappa shape index (κ1) is 13.0. The molecule has 0 atom stereocenters. The maximum atomic E-state index is 11.9. The van der Waals surface area contributed by atoms with Crippen molar-refractivity contribution < 1.29 is 4.79 Å². The number of rotatable bonds is 6. The average molecular weight is 242 g/mol. The van der Waals surface area contributed by atoms with Crippen LogP contribution < -0.4 is 5.56 Å². The summed E-state index contributed by atoms with van der Waals surface area (Å²) in [6.45, 7) is 2.82. The van der Waals surface area contributed by atoms with Crippen LogP contribution in [-0.4, -0.2) is 9.81 Å². The van der Waals surface area contributed by atoms with E-state index in [1.54, 1.807) is 16.8 Å². The van der Waals surface area contributed by atoms with Crippen LogP contribution in [0.4, 0.5) is 0 Å². The van der Waals surface area contributed by atoms with Crippen molar-refractivity contribution in [2.45, 2.75) is 39.2 Å². The summed E-state index contributed by atoms with van der Waals surface area (Å²) in [7, 11) is 0. The van der Waals surface area contributed by atoms with Crippen molar-refractivity contribution in [1.82, 2.24) is 4.57 Å². The van der Waals surface area contributed by atoms with Gasteiger partial charge in [-0.2, -0.15) is 0 Å². The largest absolute Gasteiger partial charge is 0.315 e. The number of nitrogens with zero attached hydrogens (tertiary/aromatic N) is 1. The highest BCUT2D eigenvalue weighted by molar-refractivity contribution is 6.63. The summed E-state index contributed by atoms with van der Waals surface area (Å²) >= 11 is 5.26. The normalized spacial score (nSPS) is 10.4. The van der Waals surface area contributed by atoms with E-state index in [9.17, 15) is 9.59 Å². The summed E-state index contributed by atoms with van der Waals surface area (Å²) in [6, 6.07) is 3.59. The monoisotopic (exact) mass is 241 g/mol. The number of hydrogen-bond acceptors (Lipinski definition) is 2. The maximum Gasteiger partial charge on any atom is 0.253 e. The van der Waals surface area contributed by atoms with Crippen LogP contribution in [0.1, 0.15) is 31.7 Å². The predicted octanol–water partition coefficient (Wildman–Crippen LogP) is 2.35. The zero-order chi connectivity index (χ0) is 12.0. The molecule has 0 radical (unpaired) electrons. The van der Waals surface area contributed by atoms with Crippen LogP contribution in [0.3, 0.4) is 0 Å². The van der Waals surface area contributed by atoms with Crippen molar-refractivity contribution in [3.63, 3.8) is 0 Å². The molecular formula is C12H16ClNO2. The Morgan fingerprint density at radius 3 is 2.88 bits per heavy atom. The van der Waals surface area contributed by atoms with Gasteiger partial charge in [-0.15, -0.1) is 0 Å². The fraction of sp³-hybridized carbons (Fsp3) is 0.500. The van der Waals surface area contributed by atoms with Gasteiger partial charge < -0.3 is 4.57 Å². The quantitative estimate of drug-likeness (QED) is 0.718. The molecule has 0 fully saturated rings. The first-order chi connectivity index (χ1) is 7.65. The van der Waals surface area contributed by atoms with Crippen molar-refractivity contribution in [2.24, 2.45) is 0 Å². The highest BCUT2D eigenvalue weighted by atomic mass is 35.5. The van der Waals surface area contributed by atoms with Gasteiger partial charge in [0.25, 0.3) is 5.56 Å². The Morgan fingerprint density at radius 2 is 2.25 bits per heavy atom. The molecule has 1 rings (SSSR count). The van der Waals surface area contributed by atoms with Crippen LogP contribution in [-0.2, 0) is 17.8 Å². The van der Waals surface area contributed by atoms with Crippen LogP contribution in [0.25, 0.3) is 0 Å². The lowest BCUT2D eigenvalue weighted by Crippen LogP contribution is -2.23. The molecule has 0 aliphatic rings. The van der Waals surface area contributed by atoms with E-state index < -0.39 is 5.24 Å². The number of unbranched alkanes of at least 4 members (excludes halogenated alkanes) is 1. The van der Waals surface area contributed by atoms with E-state index in [0.717, 1.165) is 19.4 Å². The second kappa shape index (κ2) is 6.48. The highest BCUT2D eigenvalue weighted by Gasteiger charge is 2.04. The fourth-order valence-corrected chi connectivity index (χ4v) is 1.61. The van der Waals surface area contributed by atoms with Crippen LogP contribution >= 0.6 is 11.6 Å². The van der Waals surface area contributed by atoms with Crippen LogP contribution in [0.5, 0.6) is 0 Å². The molecular weight excluding hydrogens is 226 g/mol. The van der Waals surface area contributed by atoms with Gasteiger partial charge in [0.15, 0.2) is 0 Å². The van der Waals surface area contributed by atoms with E-state index in [-0.39, 0.29) is 12.0 Å². The van der Waals surface area contributed by atoms with E-state index >= 15 is 0 Å². The average Bonchev–Trinajstić information content (AvgIpc) is 2.26. The second-order valence-electron chi connectivity index (χ2n) is 3.74. The minimum Gasteiger partial charge on any atom is -0.315 e. The van der Waals surface area contributed by atoms with Crippen molar-refractivity contribution in [1.29, 1.82) is 0 Å². The summed E-state index contributed by atoms with van der Waals surface area (Å²) in [5, 5.41) is -0.400. The van der Waals surface area contributed by atoms with Crippen LogP contribution in [0.2, 0.25) is 0 Å². The molecule has 0 spiro atoms. The summed E-state index contributed by atoms with van der Waals surface area (Å²) in [6.07, 6.45) is 4.46. The summed E-state index contributed by atoms with van der Waals surface area (Å²) in [4.78, 5) is 22.5. The molecule has 0 saturated carbocycles. The van der Waals surface area contributed by atoms with Crippen LogP contribution in [0, 0.1) is 0 Å². The number of pyridine rings is 1.